The van der Waals surface area contributed by atoms with Crippen molar-refractivity contribution in [1.82, 2.24) is 9.80 Å². The summed E-state index contributed by atoms with van der Waals surface area (Å²) >= 11 is 11.9. The van der Waals surface area contributed by atoms with Gasteiger partial charge in [0.05, 0.1) is 21.2 Å². The van der Waals surface area contributed by atoms with Crippen LogP contribution in [0.3, 0.4) is 0 Å². The van der Waals surface area contributed by atoms with E-state index in [-0.39, 0.29) is 42.4 Å². The van der Waals surface area contributed by atoms with Crippen LogP contribution in [0.1, 0.15) is 50.3 Å². The van der Waals surface area contributed by atoms with Gasteiger partial charge in [0.15, 0.2) is 5.78 Å². The van der Waals surface area contributed by atoms with Crippen LogP contribution in [0.2, 0.25) is 10.0 Å². The summed E-state index contributed by atoms with van der Waals surface area (Å²) in [5, 5.41) is 0.741. The van der Waals surface area contributed by atoms with E-state index in [4.69, 9.17) is 23.2 Å². The van der Waals surface area contributed by atoms with Gasteiger partial charge in [-0.2, -0.15) is 0 Å². The minimum Gasteiger partial charge on any atom is -0.343 e. The predicted octanol–water partition coefficient (Wildman–Crippen LogP) is 4.10. The molecule has 2 aliphatic rings. The first-order valence-corrected chi connectivity index (χ1v) is 10.8. The van der Waals surface area contributed by atoms with Crippen molar-refractivity contribution in [1.29, 1.82) is 0 Å². The largest absolute Gasteiger partial charge is 0.343 e. The lowest BCUT2D eigenvalue weighted by Gasteiger charge is -2.31. The number of hydrogen-bond acceptors (Lipinski definition) is 4. The Morgan fingerprint density at radius 3 is 2.10 bits per heavy atom. The lowest BCUT2D eigenvalue weighted by Crippen LogP contribution is -2.42. The number of halogens is 2. The fraction of sp³-hybridized carbons (Fsp3) is 0.304. The van der Waals surface area contributed by atoms with Gasteiger partial charge in [-0.3, -0.25) is 24.1 Å². The van der Waals surface area contributed by atoms with Gasteiger partial charge in [0.2, 0.25) is 5.91 Å². The van der Waals surface area contributed by atoms with E-state index >= 15 is 0 Å². The third kappa shape index (κ3) is 4.23. The molecule has 2 aromatic rings. The summed E-state index contributed by atoms with van der Waals surface area (Å²) in [4.78, 5) is 53.0. The molecule has 1 saturated heterocycles. The van der Waals surface area contributed by atoms with E-state index in [9.17, 15) is 19.2 Å². The van der Waals surface area contributed by atoms with Crippen LogP contribution in [0.4, 0.5) is 0 Å². The summed E-state index contributed by atoms with van der Waals surface area (Å²) in [5.41, 5.74) is 1.27. The molecule has 3 amide bonds. The number of rotatable bonds is 5. The van der Waals surface area contributed by atoms with Crippen LogP contribution < -0.4 is 0 Å². The smallest absolute Gasteiger partial charge is 0.261 e. The van der Waals surface area contributed by atoms with Crippen LogP contribution in [0.15, 0.2) is 42.5 Å². The second-order valence-electron chi connectivity index (χ2n) is 7.71. The first kappa shape index (κ1) is 21.5. The summed E-state index contributed by atoms with van der Waals surface area (Å²) in [6.07, 6.45) is 1.17. The number of nitrogens with zero attached hydrogens (tertiary/aromatic N) is 2. The van der Waals surface area contributed by atoms with Crippen molar-refractivity contribution in [3.8, 4) is 0 Å². The lowest BCUT2D eigenvalue weighted by molar-refractivity contribution is -0.132. The van der Waals surface area contributed by atoms with Crippen LogP contribution in [-0.2, 0) is 4.79 Å². The molecule has 1 fully saturated rings. The van der Waals surface area contributed by atoms with E-state index in [1.807, 2.05) is 0 Å². The number of amides is 3. The molecule has 2 aromatic carbocycles. The van der Waals surface area contributed by atoms with Gasteiger partial charge in [0, 0.05) is 37.5 Å². The molecule has 0 aliphatic carbocycles. The predicted molar refractivity (Wildman–Crippen MR) is 117 cm³/mol. The summed E-state index contributed by atoms with van der Waals surface area (Å²) in [7, 11) is 0. The quantitative estimate of drug-likeness (QED) is 0.499. The number of piperidine rings is 1. The number of ketones is 1. The van der Waals surface area contributed by atoms with Gasteiger partial charge in [0.25, 0.3) is 11.8 Å². The van der Waals surface area contributed by atoms with Crippen molar-refractivity contribution in [3.05, 3.63) is 69.2 Å². The average Bonchev–Trinajstić information content (AvgIpc) is 3.03. The summed E-state index contributed by atoms with van der Waals surface area (Å²) in [5.74, 6) is -1.04. The van der Waals surface area contributed by atoms with Crippen LogP contribution in [-0.4, -0.2) is 52.9 Å². The molecule has 2 aliphatic heterocycles. The maximum absolute atomic E-state index is 12.7. The minimum absolute atomic E-state index is 0.00306. The van der Waals surface area contributed by atoms with Crippen molar-refractivity contribution in [3.63, 3.8) is 0 Å². The molecule has 6 nitrogen and oxygen atoms in total. The second kappa shape index (κ2) is 8.81. The molecule has 0 bridgehead atoms. The highest BCUT2D eigenvalue weighted by atomic mass is 35.5. The summed E-state index contributed by atoms with van der Waals surface area (Å²) in [6.45, 7) is 0.963. The molecule has 2 heterocycles. The number of carbonyl (C=O) groups is 4. The van der Waals surface area contributed by atoms with E-state index in [2.05, 4.69) is 0 Å². The number of fused-ring (bicyclic) bond motifs is 1. The fourth-order valence-corrected chi connectivity index (χ4v) is 4.38. The average molecular weight is 459 g/mol. The molecular formula is C23H20Cl2N2O4. The van der Waals surface area contributed by atoms with Crippen molar-refractivity contribution in [2.24, 2.45) is 5.92 Å². The second-order valence-corrected chi connectivity index (χ2v) is 8.52. The van der Waals surface area contributed by atoms with Gasteiger partial charge in [-0.15, -0.1) is 0 Å². The van der Waals surface area contributed by atoms with Crippen molar-refractivity contribution in [2.45, 2.75) is 19.3 Å². The Morgan fingerprint density at radius 1 is 0.903 bits per heavy atom. The van der Waals surface area contributed by atoms with Crippen LogP contribution in [0, 0.1) is 5.92 Å². The first-order valence-electron chi connectivity index (χ1n) is 10.1. The Labute approximate surface area is 189 Å². The van der Waals surface area contributed by atoms with Crippen molar-refractivity contribution < 1.29 is 19.2 Å². The third-order valence-electron chi connectivity index (χ3n) is 5.85. The number of likely N-dealkylation sites (tertiary alicyclic amines) is 1. The Balaban J connectivity index is 1.30. The number of carbonyl (C=O) groups excluding carboxylic acids is 4. The summed E-state index contributed by atoms with van der Waals surface area (Å²) < 4.78 is 0. The molecule has 0 atom stereocenters. The zero-order valence-corrected chi connectivity index (χ0v) is 18.2. The Kier molecular flexibility index (Phi) is 6.12. The number of imide groups is 1. The van der Waals surface area contributed by atoms with Gasteiger partial charge in [0.1, 0.15) is 0 Å². The first-order chi connectivity index (χ1) is 14.9. The molecule has 4 rings (SSSR count). The van der Waals surface area contributed by atoms with E-state index in [0.29, 0.717) is 52.7 Å². The van der Waals surface area contributed by atoms with Gasteiger partial charge in [-0.1, -0.05) is 35.3 Å². The normalized spacial score (nSPS) is 16.6. The van der Waals surface area contributed by atoms with Crippen LogP contribution >= 0.6 is 23.2 Å². The highest BCUT2D eigenvalue weighted by Gasteiger charge is 2.35. The lowest BCUT2D eigenvalue weighted by atomic mass is 9.89. The Morgan fingerprint density at radius 2 is 1.52 bits per heavy atom. The van der Waals surface area contributed by atoms with Gasteiger partial charge >= 0.3 is 0 Å². The highest BCUT2D eigenvalue weighted by Crippen LogP contribution is 2.27. The SMILES string of the molecule is O=C(c1ccc(Cl)c(Cl)c1)C1CCN(C(=O)CCN2C(=O)c3ccccc3C2=O)CC1. The summed E-state index contributed by atoms with van der Waals surface area (Å²) in [6, 6.07) is 11.5. The Bertz CT molecular complexity index is 1040. The zero-order chi connectivity index (χ0) is 22.1. The van der Waals surface area contributed by atoms with Crippen LogP contribution in [0.25, 0.3) is 0 Å². The maximum Gasteiger partial charge on any atom is 0.261 e. The van der Waals surface area contributed by atoms with Crippen LogP contribution in [0.5, 0.6) is 0 Å². The number of hydrogen-bond donors (Lipinski definition) is 0. The molecule has 160 valence electrons. The van der Waals surface area contributed by atoms with Gasteiger partial charge in [-0.05, 0) is 43.2 Å². The molecule has 0 saturated carbocycles. The van der Waals surface area contributed by atoms with E-state index in [1.165, 1.54) is 0 Å². The molecule has 31 heavy (non-hydrogen) atoms. The fourth-order valence-electron chi connectivity index (χ4n) is 4.08. The molecular weight excluding hydrogens is 439 g/mol. The molecule has 0 spiro atoms. The molecule has 0 unspecified atom stereocenters. The molecule has 0 aromatic heterocycles. The van der Waals surface area contributed by atoms with E-state index < -0.39 is 0 Å². The van der Waals surface area contributed by atoms with Gasteiger partial charge in [-0.25, -0.2) is 0 Å². The minimum atomic E-state index is -0.362. The van der Waals surface area contributed by atoms with Gasteiger partial charge < -0.3 is 4.90 Å². The zero-order valence-electron chi connectivity index (χ0n) is 16.6. The van der Waals surface area contributed by atoms with E-state index in [1.54, 1.807) is 47.4 Å². The van der Waals surface area contributed by atoms with Crippen molar-refractivity contribution >= 4 is 46.7 Å². The molecule has 0 N–H and O–H groups in total. The maximum atomic E-state index is 12.7. The monoisotopic (exact) mass is 458 g/mol. The number of Topliss-reactive ketones (excluding diaryl/α,β-unsaturated/α-hetero) is 1. The standard InChI is InChI=1S/C23H20Cl2N2O4/c24-18-6-5-15(13-19(18)25)21(29)14-7-10-26(11-8-14)20(28)9-12-27-22(30)16-3-1-2-4-17(16)23(27)31/h1-6,13-14H,7-12H2. The van der Waals surface area contributed by atoms with E-state index in [0.717, 1.165) is 4.90 Å². The molecule has 0 radical (unpaired) electrons. The molecule has 8 heteroatoms. The Hall–Kier alpha value is -2.70. The topological polar surface area (TPSA) is 74.8 Å². The highest BCUT2D eigenvalue weighted by molar-refractivity contribution is 6.42. The van der Waals surface area contributed by atoms with Crippen molar-refractivity contribution in [2.75, 3.05) is 19.6 Å². The third-order valence-corrected chi connectivity index (χ3v) is 6.59. The number of benzene rings is 2.